The van der Waals surface area contributed by atoms with Gasteiger partial charge in [-0.05, 0) is 25.1 Å². The van der Waals surface area contributed by atoms with Crippen LogP contribution in [0.1, 0.15) is 5.56 Å². The van der Waals surface area contributed by atoms with Crippen molar-refractivity contribution in [2.75, 3.05) is 4.72 Å². The first-order valence-electron chi connectivity index (χ1n) is 5.41. The van der Waals surface area contributed by atoms with Gasteiger partial charge >= 0.3 is 0 Å². The van der Waals surface area contributed by atoms with Gasteiger partial charge < -0.3 is 0 Å². The Morgan fingerprint density at radius 1 is 1.11 bits per heavy atom. The monoisotopic (exact) mass is 263 g/mol. The largest absolute Gasteiger partial charge is 0.276 e. The molecule has 0 amide bonds. The highest BCUT2D eigenvalue weighted by atomic mass is 32.2. The zero-order chi connectivity index (χ0) is 12.9. The predicted molar refractivity (Wildman–Crippen MR) is 67.4 cm³/mol. The van der Waals surface area contributed by atoms with Gasteiger partial charge in [-0.25, -0.2) is 12.8 Å². The molecular formula is C13H10FNO2S. The number of fused-ring (bicyclic) bond motifs is 3. The molecule has 1 N–H and O–H groups in total. The summed E-state index contributed by atoms with van der Waals surface area (Å²) >= 11 is 0. The van der Waals surface area contributed by atoms with Gasteiger partial charge in [0, 0.05) is 11.1 Å². The molecule has 0 atom stereocenters. The molecule has 1 aliphatic heterocycles. The highest BCUT2D eigenvalue weighted by Gasteiger charge is 2.28. The minimum absolute atomic E-state index is 0.0237. The molecule has 0 radical (unpaired) electrons. The first kappa shape index (κ1) is 11.2. The molecule has 0 unspecified atom stereocenters. The Hall–Kier alpha value is -1.88. The number of hydrogen-bond acceptors (Lipinski definition) is 2. The summed E-state index contributed by atoms with van der Waals surface area (Å²) in [5.41, 5.74) is 2.07. The zero-order valence-electron chi connectivity index (χ0n) is 9.57. The topological polar surface area (TPSA) is 46.2 Å². The average molecular weight is 263 g/mol. The van der Waals surface area contributed by atoms with Crippen molar-refractivity contribution in [2.45, 2.75) is 11.8 Å². The lowest BCUT2D eigenvalue weighted by Gasteiger charge is -2.22. The number of sulfonamides is 1. The molecule has 3 nitrogen and oxygen atoms in total. The number of para-hydroxylation sites is 1. The van der Waals surface area contributed by atoms with E-state index in [2.05, 4.69) is 4.72 Å². The smallest absolute Gasteiger partial charge is 0.262 e. The summed E-state index contributed by atoms with van der Waals surface area (Å²) in [6, 6.07) is 9.54. The fourth-order valence-electron chi connectivity index (χ4n) is 2.13. The molecule has 0 saturated heterocycles. The van der Waals surface area contributed by atoms with E-state index in [0.717, 1.165) is 5.56 Å². The van der Waals surface area contributed by atoms with Crippen molar-refractivity contribution < 1.29 is 12.8 Å². The molecule has 5 heteroatoms. The normalized spacial score (nSPS) is 15.4. The van der Waals surface area contributed by atoms with Crippen molar-refractivity contribution in [1.82, 2.24) is 0 Å². The molecule has 0 aromatic heterocycles. The molecule has 0 aliphatic carbocycles. The standard InChI is InChI=1S/C13H10FNO2S/c1-8-5-6-12-10(7-8)9-3-2-4-11(14)13(9)15-18(12,16)17/h2-7,15H,1H3. The maximum atomic E-state index is 13.7. The van der Waals surface area contributed by atoms with E-state index >= 15 is 0 Å². The summed E-state index contributed by atoms with van der Waals surface area (Å²) in [6.45, 7) is 1.87. The van der Waals surface area contributed by atoms with Crippen LogP contribution in [0.2, 0.25) is 0 Å². The van der Waals surface area contributed by atoms with Crippen LogP contribution in [0.15, 0.2) is 41.3 Å². The van der Waals surface area contributed by atoms with Crippen LogP contribution >= 0.6 is 0 Å². The van der Waals surface area contributed by atoms with Gasteiger partial charge in [-0.2, -0.15) is 0 Å². The Morgan fingerprint density at radius 2 is 1.89 bits per heavy atom. The van der Waals surface area contributed by atoms with Crippen molar-refractivity contribution >= 4 is 15.7 Å². The van der Waals surface area contributed by atoms with E-state index in [1.807, 2.05) is 6.92 Å². The molecule has 0 fully saturated rings. The van der Waals surface area contributed by atoms with E-state index in [1.165, 1.54) is 6.07 Å². The Bertz CT molecular complexity index is 754. The molecule has 3 rings (SSSR count). The van der Waals surface area contributed by atoms with Gasteiger partial charge in [-0.1, -0.05) is 23.8 Å². The molecule has 0 saturated carbocycles. The molecule has 0 spiro atoms. The number of hydrogen-bond donors (Lipinski definition) is 1. The van der Waals surface area contributed by atoms with Crippen molar-refractivity contribution in [3.05, 3.63) is 47.8 Å². The van der Waals surface area contributed by atoms with Gasteiger partial charge in [0.25, 0.3) is 10.0 Å². The second kappa shape index (κ2) is 3.55. The molecule has 18 heavy (non-hydrogen) atoms. The van der Waals surface area contributed by atoms with Gasteiger partial charge in [0.1, 0.15) is 5.82 Å². The van der Waals surface area contributed by atoms with Crippen LogP contribution in [-0.2, 0) is 10.0 Å². The number of halogens is 1. The van der Waals surface area contributed by atoms with Crippen molar-refractivity contribution in [3.63, 3.8) is 0 Å². The van der Waals surface area contributed by atoms with Crippen LogP contribution < -0.4 is 4.72 Å². The van der Waals surface area contributed by atoms with Crippen LogP contribution in [-0.4, -0.2) is 8.42 Å². The van der Waals surface area contributed by atoms with Gasteiger partial charge in [0.05, 0.1) is 10.6 Å². The summed E-state index contributed by atoms with van der Waals surface area (Å²) in [7, 11) is -3.68. The van der Waals surface area contributed by atoms with Crippen LogP contribution in [0.4, 0.5) is 10.1 Å². The van der Waals surface area contributed by atoms with Crippen LogP contribution in [0, 0.1) is 12.7 Å². The van der Waals surface area contributed by atoms with Gasteiger partial charge in [0.15, 0.2) is 0 Å². The summed E-state index contributed by atoms with van der Waals surface area (Å²) in [4.78, 5) is 0.186. The van der Waals surface area contributed by atoms with Gasteiger partial charge in [0.2, 0.25) is 0 Å². The van der Waals surface area contributed by atoms with E-state index in [-0.39, 0.29) is 10.6 Å². The quantitative estimate of drug-likeness (QED) is 0.794. The molecule has 92 valence electrons. The summed E-state index contributed by atoms with van der Waals surface area (Å²) in [5.74, 6) is -0.566. The Morgan fingerprint density at radius 3 is 2.67 bits per heavy atom. The van der Waals surface area contributed by atoms with Crippen molar-refractivity contribution in [3.8, 4) is 11.1 Å². The third-order valence-electron chi connectivity index (χ3n) is 2.96. The lowest BCUT2D eigenvalue weighted by atomic mass is 10.0. The second-order valence-electron chi connectivity index (χ2n) is 4.27. The maximum Gasteiger partial charge on any atom is 0.262 e. The van der Waals surface area contributed by atoms with Gasteiger partial charge in [-0.3, -0.25) is 4.72 Å². The molecular weight excluding hydrogens is 253 g/mol. The number of rotatable bonds is 0. The fraction of sp³-hybridized carbons (Fsp3) is 0.0769. The third-order valence-corrected chi connectivity index (χ3v) is 4.37. The highest BCUT2D eigenvalue weighted by Crippen LogP contribution is 2.40. The summed E-state index contributed by atoms with van der Waals surface area (Å²) in [6.07, 6.45) is 0. The van der Waals surface area contributed by atoms with Gasteiger partial charge in [-0.15, -0.1) is 0 Å². The second-order valence-corrected chi connectivity index (χ2v) is 5.92. The predicted octanol–water partition coefficient (Wildman–Crippen LogP) is 2.92. The van der Waals surface area contributed by atoms with E-state index in [9.17, 15) is 12.8 Å². The fourth-order valence-corrected chi connectivity index (χ4v) is 3.42. The maximum absolute atomic E-state index is 13.7. The molecule has 1 aliphatic rings. The van der Waals surface area contributed by atoms with Crippen LogP contribution in [0.3, 0.4) is 0 Å². The number of anilines is 1. The minimum atomic E-state index is -3.68. The number of aryl methyl sites for hydroxylation is 1. The highest BCUT2D eigenvalue weighted by molar-refractivity contribution is 7.93. The van der Waals surface area contributed by atoms with Crippen LogP contribution in [0.25, 0.3) is 11.1 Å². The SMILES string of the molecule is Cc1ccc2c(c1)-c1cccc(F)c1NS2(=O)=O. The van der Waals surface area contributed by atoms with E-state index in [1.54, 1.807) is 30.3 Å². The molecule has 0 bridgehead atoms. The van der Waals surface area contributed by atoms with E-state index in [4.69, 9.17) is 0 Å². The Kier molecular flexibility index (Phi) is 2.22. The summed E-state index contributed by atoms with van der Waals surface area (Å²) < 4.78 is 40.0. The average Bonchev–Trinajstić information content (AvgIpc) is 2.30. The lowest BCUT2D eigenvalue weighted by Crippen LogP contribution is -2.19. The Balaban J connectivity index is 2.44. The lowest BCUT2D eigenvalue weighted by molar-refractivity contribution is 0.597. The Labute approximate surface area is 104 Å². The molecule has 2 aromatic rings. The van der Waals surface area contributed by atoms with Crippen molar-refractivity contribution in [1.29, 1.82) is 0 Å². The first-order valence-corrected chi connectivity index (χ1v) is 6.90. The third kappa shape index (κ3) is 1.51. The van der Waals surface area contributed by atoms with E-state index in [0.29, 0.717) is 11.1 Å². The minimum Gasteiger partial charge on any atom is -0.276 e. The zero-order valence-corrected chi connectivity index (χ0v) is 10.4. The number of nitrogens with one attached hydrogen (secondary N) is 1. The van der Waals surface area contributed by atoms with E-state index < -0.39 is 15.8 Å². The van der Waals surface area contributed by atoms with Crippen molar-refractivity contribution in [2.24, 2.45) is 0 Å². The number of benzene rings is 2. The van der Waals surface area contributed by atoms with Crippen LogP contribution in [0.5, 0.6) is 0 Å². The molecule has 1 heterocycles. The summed E-state index contributed by atoms with van der Waals surface area (Å²) in [5, 5.41) is 0. The first-order chi connectivity index (χ1) is 8.49. The molecule has 2 aromatic carbocycles.